The Hall–Kier alpha value is -4.78. The topological polar surface area (TPSA) is 99.4 Å². The number of nitro benzene ring substituents is 2. The summed E-state index contributed by atoms with van der Waals surface area (Å²) in [5.74, 6) is 0. The molecule has 0 radical (unpaired) electrons. The SMILES string of the molecule is O=[N+]([O-])c1ccc2ccccc2c1-c1c([N+](=O)[O-])c2oc3ccccc3c2c2ccccc12. The van der Waals surface area contributed by atoms with Crippen molar-refractivity contribution >= 4 is 54.9 Å². The summed E-state index contributed by atoms with van der Waals surface area (Å²) in [6, 6.07) is 24.8. The van der Waals surface area contributed by atoms with Crippen LogP contribution in [0.25, 0.3) is 54.6 Å². The first-order chi connectivity index (χ1) is 16.1. The van der Waals surface area contributed by atoms with E-state index in [1.54, 1.807) is 42.5 Å². The number of para-hydroxylation sites is 1. The Morgan fingerprint density at radius 2 is 1.24 bits per heavy atom. The van der Waals surface area contributed by atoms with Gasteiger partial charge in [0.05, 0.1) is 21.0 Å². The van der Waals surface area contributed by atoms with Crippen molar-refractivity contribution < 1.29 is 14.3 Å². The first kappa shape index (κ1) is 18.9. The second kappa shape index (κ2) is 6.86. The Morgan fingerprint density at radius 1 is 0.606 bits per heavy atom. The van der Waals surface area contributed by atoms with Gasteiger partial charge in [-0.05, 0) is 33.7 Å². The van der Waals surface area contributed by atoms with Crippen molar-refractivity contribution in [1.29, 1.82) is 0 Å². The molecule has 5 aromatic carbocycles. The smallest absolute Gasteiger partial charge is 0.320 e. The molecule has 0 fully saturated rings. The molecule has 0 N–H and O–H groups in total. The zero-order valence-electron chi connectivity index (χ0n) is 17.0. The molecule has 0 saturated heterocycles. The summed E-state index contributed by atoms with van der Waals surface area (Å²) in [5, 5.41) is 28.6. The molecular formula is C26H14N2O5. The third-order valence-corrected chi connectivity index (χ3v) is 6.05. The highest BCUT2D eigenvalue weighted by Gasteiger charge is 2.33. The van der Waals surface area contributed by atoms with Crippen LogP contribution >= 0.6 is 0 Å². The maximum Gasteiger partial charge on any atom is 0.320 e. The molecule has 7 nitrogen and oxygen atoms in total. The van der Waals surface area contributed by atoms with Crippen LogP contribution in [0.15, 0.2) is 89.3 Å². The van der Waals surface area contributed by atoms with Gasteiger partial charge in [0.15, 0.2) is 0 Å². The van der Waals surface area contributed by atoms with Crippen molar-refractivity contribution in [3.63, 3.8) is 0 Å². The summed E-state index contributed by atoms with van der Waals surface area (Å²) in [7, 11) is 0. The van der Waals surface area contributed by atoms with Crippen LogP contribution in [0.3, 0.4) is 0 Å². The minimum absolute atomic E-state index is 0.108. The van der Waals surface area contributed by atoms with E-state index >= 15 is 0 Å². The predicted molar refractivity (Wildman–Crippen MR) is 127 cm³/mol. The molecule has 0 aliphatic heterocycles. The van der Waals surface area contributed by atoms with Gasteiger partial charge in [0.1, 0.15) is 5.58 Å². The fraction of sp³-hybridized carbons (Fsp3) is 0. The Kier molecular flexibility index (Phi) is 3.94. The van der Waals surface area contributed by atoms with E-state index in [-0.39, 0.29) is 28.1 Å². The van der Waals surface area contributed by atoms with Gasteiger partial charge in [-0.3, -0.25) is 20.2 Å². The molecule has 0 spiro atoms. The van der Waals surface area contributed by atoms with Crippen molar-refractivity contribution in [2.75, 3.05) is 0 Å². The summed E-state index contributed by atoms with van der Waals surface area (Å²) in [4.78, 5) is 23.6. The number of benzene rings is 5. The Bertz CT molecular complexity index is 1780. The number of nitro groups is 2. The Morgan fingerprint density at radius 3 is 1.97 bits per heavy atom. The van der Waals surface area contributed by atoms with Gasteiger partial charge in [0, 0.05) is 16.8 Å². The van der Waals surface area contributed by atoms with Gasteiger partial charge in [-0.25, -0.2) is 0 Å². The molecule has 0 saturated carbocycles. The van der Waals surface area contributed by atoms with Gasteiger partial charge >= 0.3 is 5.69 Å². The zero-order chi connectivity index (χ0) is 22.7. The third-order valence-electron chi connectivity index (χ3n) is 6.05. The van der Waals surface area contributed by atoms with E-state index in [0.29, 0.717) is 21.7 Å². The Labute approximate surface area is 185 Å². The second-order valence-electron chi connectivity index (χ2n) is 7.77. The monoisotopic (exact) mass is 434 g/mol. The van der Waals surface area contributed by atoms with Crippen LogP contribution in [0, 0.1) is 20.2 Å². The molecule has 1 heterocycles. The highest BCUT2D eigenvalue weighted by Crippen LogP contribution is 2.50. The first-order valence-electron chi connectivity index (χ1n) is 10.2. The quantitative estimate of drug-likeness (QED) is 0.214. The summed E-state index contributed by atoms with van der Waals surface area (Å²) < 4.78 is 6.02. The number of rotatable bonds is 3. The molecule has 158 valence electrons. The lowest BCUT2D eigenvalue weighted by Crippen LogP contribution is -1.99. The number of nitrogens with zero attached hydrogens (tertiary/aromatic N) is 2. The molecule has 6 aromatic rings. The summed E-state index contributed by atoms with van der Waals surface area (Å²) >= 11 is 0. The number of furan rings is 1. The number of fused-ring (bicyclic) bond motifs is 6. The maximum absolute atomic E-state index is 12.5. The molecule has 7 heteroatoms. The van der Waals surface area contributed by atoms with E-state index in [9.17, 15) is 20.2 Å². The van der Waals surface area contributed by atoms with E-state index < -0.39 is 9.85 Å². The average Bonchev–Trinajstić information content (AvgIpc) is 3.21. The molecule has 0 atom stereocenters. The normalized spacial score (nSPS) is 11.5. The fourth-order valence-electron chi connectivity index (χ4n) is 4.74. The van der Waals surface area contributed by atoms with Gasteiger partial charge in [0.25, 0.3) is 5.69 Å². The van der Waals surface area contributed by atoms with Crippen molar-refractivity contribution in [3.05, 3.63) is 105 Å². The van der Waals surface area contributed by atoms with Crippen LogP contribution in [0.2, 0.25) is 0 Å². The van der Waals surface area contributed by atoms with E-state index in [0.717, 1.165) is 16.2 Å². The lowest BCUT2D eigenvalue weighted by molar-refractivity contribution is -0.385. The molecule has 0 bridgehead atoms. The van der Waals surface area contributed by atoms with Crippen molar-refractivity contribution in [1.82, 2.24) is 0 Å². The zero-order valence-corrected chi connectivity index (χ0v) is 17.0. The minimum Gasteiger partial charge on any atom is -0.449 e. The predicted octanol–water partition coefficient (Wildman–Crippen LogP) is 7.38. The van der Waals surface area contributed by atoms with E-state index in [4.69, 9.17) is 4.42 Å². The van der Waals surface area contributed by atoms with Crippen LogP contribution in [-0.4, -0.2) is 9.85 Å². The van der Waals surface area contributed by atoms with Crippen LogP contribution in [0.4, 0.5) is 11.4 Å². The fourth-order valence-corrected chi connectivity index (χ4v) is 4.74. The molecular weight excluding hydrogens is 420 g/mol. The average molecular weight is 434 g/mol. The van der Waals surface area contributed by atoms with Crippen molar-refractivity contribution in [2.45, 2.75) is 0 Å². The summed E-state index contributed by atoms with van der Waals surface area (Å²) in [5.41, 5.74) is 0.549. The summed E-state index contributed by atoms with van der Waals surface area (Å²) in [6.07, 6.45) is 0. The maximum atomic E-state index is 12.5. The molecule has 33 heavy (non-hydrogen) atoms. The molecule has 1 aromatic heterocycles. The Balaban J connectivity index is 1.95. The van der Waals surface area contributed by atoms with Crippen LogP contribution in [0.5, 0.6) is 0 Å². The van der Waals surface area contributed by atoms with Gasteiger partial charge in [-0.2, -0.15) is 0 Å². The largest absolute Gasteiger partial charge is 0.449 e. The highest BCUT2D eigenvalue weighted by atomic mass is 16.6. The van der Waals surface area contributed by atoms with Crippen molar-refractivity contribution in [2.24, 2.45) is 0 Å². The molecule has 6 rings (SSSR count). The van der Waals surface area contributed by atoms with E-state index in [1.807, 2.05) is 36.4 Å². The molecule has 0 unspecified atom stereocenters. The number of hydrogen-bond donors (Lipinski definition) is 0. The van der Waals surface area contributed by atoms with Gasteiger partial charge in [0.2, 0.25) is 5.58 Å². The lowest BCUT2D eigenvalue weighted by Gasteiger charge is -2.12. The second-order valence-corrected chi connectivity index (χ2v) is 7.77. The summed E-state index contributed by atoms with van der Waals surface area (Å²) in [6.45, 7) is 0. The highest BCUT2D eigenvalue weighted by molar-refractivity contribution is 6.27. The van der Waals surface area contributed by atoms with E-state index in [1.165, 1.54) is 6.07 Å². The van der Waals surface area contributed by atoms with Gasteiger partial charge < -0.3 is 4.42 Å². The van der Waals surface area contributed by atoms with Gasteiger partial charge in [-0.15, -0.1) is 0 Å². The lowest BCUT2D eigenvalue weighted by atomic mass is 9.89. The third kappa shape index (κ3) is 2.62. The van der Waals surface area contributed by atoms with Crippen LogP contribution in [0.1, 0.15) is 0 Å². The van der Waals surface area contributed by atoms with E-state index in [2.05, 4.69) is 0 Å². The molecule has 0 aliphatic rings. The standard InChI is InChI=1S/C26H14N2O5/c29-27(30)20-14-13-15-7-1-2-8-16(15)23(20)24-18-10-4-3-9-17(18)22-19-11-5-6-12-21(19)33-26(22)25(24)28(31)32/h1-14H. The molecule has 0 amide bonds. The van der Waals surface area contributed by atoms with Crippen LogP contribution in [-0.2, 0) is 0 Å². The van der Waals surface area contributed by atoms with Crippen molar-refractivity contribution in [3.8, 4) is 11.1 Å². The first-order valence-corrected chi connectivity index (χ1v) is 10.2. The van der Waals surface area contributed by atoms with Crippen LogP contribution < -0.4 is 0 Å². The molecule has 0 aliphatic carbocycles. The minimum atomic E-state index is -0.502. The van der Waals surface area contributed by atoms with Gasteiger partial charge in [-0.1, -0.05) is 66.7 Å². The number of hydrogen-bond acceptors (Lipinski definition) is 5.